The van der Waals surface area contributed by atoms with Crippen molar-refractivity contribution in [3.63, 3.8) is 0 Å². The van der Waals surface area contributed by atoms with Crippen LogP contribution in [0.3, 0.4) is 0 Å². The summed E-state index contributed by atoms with van der Waals surface area (Å²) >= 11 is 0. The summed E-state index contributed by atoms with van der Waals surface area (Å²) in [6, 6.07) is 2.15. The van der Waals surface area contributed by atoms with Crippen LogP contribution in [0.5, 0.6) is 0 Å². The number of hydrogen-bond acceptors (Lipinski definition) is 3. The molecule has 1 N–H and O–H groups in total. The third-order valence-corrected chi connectivity index (χ3v) is 3.23. The second-order valence-electron chi connectivity index (χ2n) is 4.62. The van der Waals surface area contributed by atoms with E-state index in [2.05, 4.69) is 16.4 Å². The minimum absolute atomic E-state index is 0.0719. The molecule has 1 atom stereocenters. The lowest BCUT2D eigenvalue weighted by Gasteiger charge is -2.12. The molecule has 1 aliphatic rings. The fourth-order valence-electron chi connectivity index (χ4n) is 2.23. The number of carbonyl (C=O) groups is 1. The number of pyridine rings is 1. The van der Waals surface area contributed by atoms with Crippen molar-refractivity contribution in [1.82, 2.24) is 10.3 Å². The molecule has 0 bridgehead atoms. The molecule has 98 valence electrons. The highest BCUT2D eigenvalue weighted by atomic mass is 16.5. The fourth-order valence-corrected chi connectivity index (χ4v) is 2.23. The van der Waals surface area contributed by atoms with Crippen LogP contribution >= 0.6 is 0 Å². The monoisotopic (exact) mass is 248 g/mol. The largest absolute Gasteiger partial charge is 0.369 e. The van der Waals surface area contributed by atoms with E-state index >= 15 is 0 Å². The number of nitrogens with one attached hydrogen (secondary N) is 1. The standard InChI is InChI=1S/C14H20N2O2/c1-3-18-10(2)14(17)16-9-11-7-12-5-4-6-13(12)15-8-11/h7-8,10H,3-6,9H2,1-2H3,(H,16,17). The molecule has 18 heavy (non-hydrogen) atoms. The highest BCUT2D eigenvalue weighted by molar-refractivity contribution is 5.80. The van der Waals surface area contributed by atoms with Gasteiger partial charge in [0.05, 0.1) is 0 Å². The predicted octanol–water partition coefficient (Wildman–Crippen LogP) is 1.61. The number of ether oxygens (including phenoxy) is 1. The topological polar surface area (TPSA) is 51.2 Å². The summed E-state index contributed by atoms with van der Waals surface area (Å²) in [5, 5.41) is 2.87. The van der Waals surface area contributed by atoms with E-state index in [9.17, 15) is 4.79 Å². The number of carbonyl (C=O) groups excluding carboxylic acids is 1. The van der Waals surface area contributed by atoms with Crippen LogP contribution in [-0.4, -0.2) is 23.6 Å². The highest BCUT2D eigenvalue weighted by Crippen LogP contribution is 2.20. The van der Waals surface area contributed by atoms with E-state index in [4.69, 9.17) is 4.74 Å². The lowest BCUT2D eigenvalue weighted by molar-refractivity contribution is -0.131. The zero-order chi connectivity index (χ0) is 13.0. The van der Waals surface area contributed by atoms with Gasteiger partial charge in [-0.2, -0.15) is 0 Å². The molecule has 1 heterocycles. The van der Waals surface area contributed by atoms with Crippen LogP contribution in [0.1, 0.15) is 37.1 Å². The molecule has 4 nitrogen and oxygen atoms in total. The van der Waals surface area contributed by atoms with Crippen molar-refractivity contribution in [3.8, 4) is 0 Å². The van der Waals surface area contributed by atoms with Crippen molar-refractivity contribution >= 4 is 5.91 Å². The van der Waals surface area contributed by atoms with Crippen molar-refractivity contribution in [2.45, 2.75) is 45.8 Å². The Hall–Kier alpha value is -1.42. The summed E-state index contributed by atoms with van der Waals surface area (Å²) in [6.07, 6.45) is 4.86. The van der Waals surface area contributed by atoms with Crippen molar-refractivity contribution in [1.29, 1.82) is 0 Å². The Balaban J connectivity index is 1.88. The normalized spacial score (nSPS) is 15.2. The second kappa shape index (κ2) is 5.96. The average molecular weight is 248 g/mol. The second-order valence-corrected chi connectivity index (χ2v) is 4.62. The third kappa shape index (κ3) is 3.07. The number of aryl methyl sites for hydroxylation is 2. The fraction of sp³-hybridized carbons (Fsp3) is 0.571. The highest BCUT2D eigenvalue weighted by Gasteiger charge is 2.14. The van der Waals surface area contributed by atoms with Crippen LogP contribution < -0.4 is 5.32 Å². The van der Waals surface area contributed by atoms with Crippen LogP contribution in [0.4, 0.5) is 0 Å². The SMILES string of the molecule is CCOC(C)C(=O)NCc1cnc2c(c1)CCC2. The predicted molar refractivity (Wildman–Crippen MR) is 69.2 cm³/mol. The van der Waals surface area contributed by atoms with Gasteiger partial charge in [-0.1, -0.05) is 6.07 Å². The van der Waals surface area contributed by atoms with Gasteiger partial charge < -0.3 is 10.1 Å². The van der Waals surface area contributed by atoms with Gasteiger partial charge in [0.2, 0.25) is 5.91 Å². The first-order valence-corrected chi connectivity index (χ1v) is 6.56. The Kier molecular flexibility index (Phi) is 4.31. The number of rotatable bonds is 5. The van der Waals surface area contributed by atoms with E-state index < -0.39 is 6.10 Å². The summed E-state index contributed by atoms with van der Waals surface area (Å²) in [6.45, 7) is 4.72. The van der Waals surface area contributed by atoms with E-state index in [1.54, 1.807) is 6.92 Å². The minimum atomic E-state index is -0.391. The molecule has 1 aliphatic carbocycles. The van der Waals surface area contributed by atoms with E-state index in [-0.39, 0.29) is 5.91 Å². The van der Waals surface area contributed by atoms with Crippen molar-refractivity contribution in [2.75, 3.05) is 6.61 Å². The van der Waals surface area contributed by atoms with Gasteiger partial charge >= 0.3 is 0 Å². The van der Waals surface area contributed by atoms with Gasteiger partial charge in [-0.3, -0.25) is 9.78 Å². The maximum absolute atomic E-state index is 11.7. The third-order valence-electron chi connectivity index (χ3n) is 3.23. The number of aromatic nitrogens is 1. The number of hydrogen-bond donors (Lipinski definition) is 1. The van der Waals surface area contributed by atoms with Crippen molar-refractivity contribution in [3.05, 3.63) is 29.1 Å². The zero-order valence-corrected chi connectivity index (χ0v) is 11.0. The van der Waals surface area contributed by atoms with Gasteiger partial charge in [0, 0.05) is 25.0 Å². The Morgan fingerprint density at radius 1 is 1.56 bits per heavy atom. The van der Waals surface area contributed by atoms with Gasteiger partial charge in [0.15, 0.2) is 0 Å². The Morgan fingerprint density at radius 3 is 3.17 bits per heavy atom. The first-order valence-electron chi connectivity index (χ1n) is 6.56. The van der Waals surface area contributed by atoms with Gasteiger partial charge in [0.25, 0.3) is 0 Å². The minimum Gasteiger partial charge on any atom is -0.369 e. The molecule has 0 radical (unpaired) electrons. The Labute approximate surface area is 108 Å². The van der Waals surface area contributed by atoms with Gasteiger partial charge in [-0.25, -0.2) is 0 Å². The first kappa shape index (κ1) is 13.0. The van der Waals surface area contributed by atoms with E-state index in [0.717, 1.165) is 18.4 Å². The van der Waals surface area contributed by atoms with E-state index in [0.29, 0.717) is 13.2 Å². The Bertz CT molecular complexity index is 432. The quantitative estimate of drug-likeness (QED) is 0.861. The van der Waals surface area contributed by atoms with Crippen LogP contribution in [0.25, 0.3) is 0 Å². The molecule has 1 aromatic heterocycles. The lowest BCUT2D eigenvalue weighted by atomic mass is 10.1. The summed E-state index contributed by atoms with van der Waals surface area (Å²) in [5.41, 5.74) is 3.61. The first-order chi connectivity index (χ1) is 8.70. The molecule has 1 amide bonds. The maximum Gasteiger partial charge on any atom is 0.249 e. The molecule has 0 aromatic carbocycles. The molecular weight excluding hydrogens is 228 g/mol. The maximum atomic E-state index is 11.7. The molecule has 0 saturated heterocycles. The van der Waals surface area contributed by atoms with Crippen LogP contribution in [-0.2, 0) is 28.9 Å². The van der Waals surface area contributed by atoms with Crippen LogP contribution in [0.2, 0.25) is 0 Å². The zero-order valence-electron chi connectivity index (χ0n) is 11.0. The lowest BCUT2D eigenvalue weighted by Crippen LogP contribution is -2.34. The van der Waals surface area contributed by atoms with Gasteiger partial charge in [0.1, 0.15) is 6.10 Å². The molecule has 4 heteroatoms. The van der Waals surface area contributed by atoms with Gasteiger partial charge in [-0.05, 0) is 44.2 Å². The molecule has 0 aliphatic heterocycles. The van der Waals surface area contributed by atoms with Crippen LogP contribution in [0.15, 0.2) is 12.3 Å². The van der Waals surface area contributed by atoms with Crippen LogP contribution in [0, 0.1) is 0 Å². The summed E-state index contributed by atoms with van der Waals surface area (Å²) < 4.78 is 5.24. The van der Waals surface area contributed by atoms with Gasteiger partial charge in [-0.15, -0.1) is 0 Å². The van der Waals surface area contributed by atoms with Crippen molar-refractivity contribution in [2.24, 2.45) is 0 Å². The number of amides is 1. The average Bonchev–Trinajstić information content (AvgIpc) is 2.83. The number of nitrogens with zero attached hydrogens (tertiary/aromatic N) is 1. The Morgan fingerprint density at radius 2 is 2.39 bits per heavy atom. The molecule has 0 fully saturated rings. The van der Waals surface area contributed by atoms with Crippen molar-refractivity contribution < 1.29 is 9.53 Å². The molecule has 1 unspecified atom stereocenters. The molecular formula is C14H20N2O2. The summed E-state index contributed by atoms with van der Waals surface area (Å²) in [4.78, 5) is 16.1. The molecule has 0 saturated carbocycles. The number of fused-ring (bicyclic) bond motifs is 1. The smallest absolute Gasteiger partial charge is 0.249 e. The molecule has 0 spiro atoms. The summed E-state index contributed by atoms with van der Waals surface area (Å²) in [7, 11) is 0. The van der Waals surface area contributed by atoms with E-state index in [1.165, 1.54) is 17.7 Å². The molecule has 1 aromatic rings. The molecule has 2 rings (SSSR count). The van der Waals surface area contributed by atoms with E-state index in [1.807, 2.05) is 13.1 Å². The summed E-state index contributed by atoms with van der Waals surface area (Å²) in [5.74, 6) is -0.0719.